The van der Waals surface area contributed by atoms with E-state index in [-0.39, 0.29) is 0 Å². The molecule has 3 aromatic rings. The fourth-order valence-electron chi connectivity index (χ4n) is 3.32. The molecule has 1 aliphatic heterocycles. The zero-order valence-corrected chi connectivity index (χ0v) is 14.7. The number of fused-ring (bicyclic) bond motifs is 1. The van der Waals surface area contributed by atoms with Crippen molar-refractivity contribution in [3.8, 4) is 0 Å². The minimum Gasteiger partial charge on any atom is -0.352 e. The van der Waals surface area contributed by atoms with Crippen LogP contribution in [-0.2, 0) is 13.0 Å². The first kappa shape index (κ1) is 15.6. The van der Waals surface area contributed by atoms with Crippen molar-refractivity contribution in [2.75, 3.05) is 16.8 Å². The van der Waals surface area contributed by atoms with E-state index >= 15 is 0 Å². The number of benzene rings is 2. The summed E-state index contributed by atoms with van der Waals surface area (Å²) in [7, 11) is 0. The molecule has 25 heavy (non-hydrogen) atoms. The molecule has 2 aromatic carbocycles. The van der Waals surface area contributed by atoms with Crippen LogP contribution in [0.15, 0.2) is 54.6 Å². The van der Waals surface area contributed by atoms with E-state index in [9.17, 15) is 0 Å². The molecule has 0 atom stereocenters. The lowest BCUT2D eigenvalue weighted by Crippen LogP contribution is -2.31. The maximum absolute atomic E-state index is 4.67. The molecule has 1 aromatic heterocycles. The second-order valence-corrected chi connectivity index (χ2v) is 6.54. The predicted molar refractivity (Wildman–Crippen MR) is 102 cm³/mol. The number of rotatable bonds is 3. The number of nitrogens with one attached hydrogen (secondary N) is 1. The van der Waals surface area contributed by atoms with Crippen molar-refractivity contribution in [2.24, 2.45) is 0 Å². The van der Waals surface area contributed by atoms with Crippen LogP contribution in [0.2, 0.25) is 0 Å². The zero-order valence-electron chi connectivity index (χ0n) is 14.7. The van der Waals surface area contributed by atoms with Crippen LogP contribution in [0.5, 0.6) is 0 Å². The van der Waals surface area contributed by atoms with Gasteiger partial charge in [0.25, 0.3) is 0 Å². The topological polar surface area (TPSA) is 41.1 Å². The summed E-state index contributed by atoms with van der Waals surface area (Å²) in [5.41, 5.74) is 5.11. The van der Waals surface area contributed by atoms with E-state index in [2.05, 4.69) is 63.5 Å². The van der Waals surface area contributed by atoms with Crippen LogP contribution in [0, 0.1) is 13.8 Å². The Bertz CT molecular complexity index is 904. The Balaban J connectivity index is 1.61. The van der Waals surface area contributed by atoms with Crippen LogP contribution in [0.4, 0.5) is 17.3 Å². The first-order valence-electron chi connectivity index (χ1n) is 8.69. The normalized spacial score (nSPS) is 13.4. The van der Waals surface area contributed by atoms with Gasteiger partial charge in [-0.15, -0.1) is 0 Å². The lowest BCUT2D eigenvalue weighted by atomic mass is 10.00. The minimum atomic E-state index is 0.785. The minimum absolute atomic E-state index is 0.785. The number of nitrogens with zero attached hydrogens (tertiary/aromatic N) is 3. The van der Waals surface area contributed by atoms with Crippen molar-refractivity contribution < 1.29 is 0 Å². The second kappa shape index (κ2) is 6.55. The third-order valence-corrected chi connectivity index (χ3v) is 4.69. The molecule has 0 bridgehead atoms. The van der Waals surface area contributed by atoms with Gasteiger partial charge in [0, 0.05) is 24.8 Å². The quantitative estimate of drug-likeness (QED) is 0.773. The van der Waals surface area contributed by atoms with Crippen LogP contribution in [0.1, 0.15) is 22.5 Å². The van der Waals surface area contributed by atoms with E-state index in [0.717, 1.165) is 42.7 Å². The van der Waals surface area contributed by atoms with Crippen molar-refractivity contribution >= 4 is 17.3 Å². The molecule has 0 fully saturated rings. The van der Waals surface area contributed by atoms with E-state index < -0.39 is 0 Å². The molecule has 0 saturated carbocycles. The predicted octanol–water partition coefficient (Wildman–Crippen LogP) is 4.40. The van der Waals surface area contributed by atoms with Crippen LogP contribution in [0.3, 0.4) is 0 Å². The summed E-state index contributed by atoms with van der Waals surface area (Å²) >= 11 is 0. The van der Waals surface area contributed by atoms with Crippen LogP contribution in [-0.4, -0.2) is 16.5 Å². The number of anilines is 3. The van der Waals surface area contributed by atoms with Gasteiger partial charge in [-0.3, -0.25) is 0 Å². The van der Waals surface area contributed by atoms with E-state index in [1.54, 1.807) is 0 Å². The van der Waals surface area contributed by atoms with E-state index in [1.165, 1.54) is 16.7 Å². The first-order chi connectivity index (χ1) is 12.2. The lowest BCUT2D eigenvalue weighted by Gasteiger charge is -2.30. The average Bonchev–Trinajstić information content (AvgIpc) is 2.63. The Morgan fingerprint density at radius 2 is 1.68 bits per heavy atom. The molecule has 1 N–H and O–H groups in total. The fraction of sp³-hybridized carbons (Fsp3) is 0.238. The molecule has 0 aliphatic carbocycles. The molecule has 0 amide bonds. The Morgan fingerprint density at radius 1 is 0.920 bits per heavy atom. The molecular weight excluding hydrogens is 308 g/mol. The van der Waals surface area contributed by atoms with E-state index in [1.807, 2.05) is 25.1 Å². The zero-order chi connectivity index (χ0) is 17.2. The van der Waals surface area contributed by atoms with Gasteiger partial charge in [0.2, 0.25) is 0 Å². The number of aryl methyl sites for hydroxylation is 2. The Kier molecular flexibility index (Phi) is 4.10. The summed E-state index contributed by atoms with van der Waals surface area (Å²) in [6.07, 6.45) is 1.06. The summed E-state index contributed by atoms with van der Waals surface area (Å²) in [5, 5.41) is 3.43. The highest BCUT2D eigenvalue weighted by Gasteiger charge is 2.18. The van der Waals surface area contributed by atoms with Crippen molar-refractivity contribution in [3.05, 3.63) is 77.1 Å². The monoisotopic (exact) mass is 330 g/mol. The lowest BCUT2D eigenvalue weighted by molar-refractivity contribution is 0.717. The van der Waals surface area contributed by atoms with Gasteiger partial charge >= 0.3 is 0 Å². The van der Waals surface area contributed by atoms with Crippen molar-refractivity contribution in [1.82, 2.24) is 9.97 Å². The molecule has 4 rings (SSSR count). The first-order valence-corrected chi connectivity index (χ1v) is 8.69. The Labute approximate surface area is 148 Å². The molecule has 126 valence electrons. The highest BCUT2D eigenvalue weighted by atomic mass is 15.2. The Morgan fingerprint density at radius 3 is 2.52 bits per heavy atom. The highest BCUT2D eigenvalue weighted by Crippen LogP contribution is 2.26. The molecule has 0 radical (unpaired) electrons. The number of aromatic nitrogens is 2. The average molecular weight is 330 g/mol. The maximum atomic E-state index is 4.67. The largest absolute Gasteiger partial charge is 0.352 e. The molecule has 0 unspecified atom stereocenters. The number of para-hydroxylation sites is 1. The van der Waals surface area contributed by atoms with Gasteiger partial charge in [0.15, 0.2) is 0 Å². The second-order valence-electron chi connectivity index (χ2n) is 6.54. The van der Waals surface area contributed by atoms with Crippen LogP contribution < -0.4 is 10.2 Å². The van der Waals surface area contributed by atoms with Gasteiger partial charge in [-0.1, -0.05) is 42.5 Å². The SMILES string of the molecule is Cc1nc(Nc2ccccc2C)cc(N2CCc3ccccc3C2)n1. The van der Waals surface area contributed by atoms with Gasteiger partial charge in [-0.2, -0.15) is 0 Å². The van der Waals surface area contributed by atoms with Gasteiger partial charge in [-0.25, -0.2) is 9.97 Å². The Hall–Kier alpha value is -2.88. The van der Waals surface area contributed by atoms with E-state index in [0.29, 0.717) is 0 Å². The van der Waals surface area contributed by atoms with Crippen LogP contribution >= 0.6 is 0 Å². The third kappa shape index (κ3) is 3.33. The molecule has 0 saturated heterocycles. The molecule has 4 nitrogen and oxygen atoms in total. The molecule has 0 spiro atoms. The smallest absolute Gasteiger partial charge is 0.136 e. The molecule has 1 aliphatic rings. The number of hydrogen-bond donors (Lipinski definition) is 1. The van der Waals surface area contributed by atoms with E-state index in [4.69, 9.17) is 0 Å². The van der Waals surface area contributed by atoms with Crippen LogP contribution in [0.25, 0.3) is 0 Å². The summed E-state index contributed by atoms with van der Waals surface area (Å²) < 4.78 is 0. The summed E-state index contributed by atoms with van der Waals surface area (Å²) in [6, 6.07) is 19.0. The summed E-state index contributed by atoms with van der Waals surface area (Å²) in [5.74, 6) is 2.61. The molecule has 2 heterocycles. The van der Waals surface area contributed by atoms with Crippen molar-refractivity contribution in [1.29, 1.82) is 0 Å². The van der Waals surface area contributed by atoms with Gasteiger partial charge in [0.05, 0.1) is 0 Å². The molecular formula is C21H22N4. The van der Waals surface area contributed by atoms with Gasteiger partial charge in [0.1, 0.15) is 17.5 Å². The molecule has 4 heteroatoms. The number of hydrogen-bond acceptors (Lipinski definition) is 4. The highest BCUT2D eigenvalue weighted by molar-refractivity contribution is 5.63. The van der Waals surface area contributed by atoms with Gasteiger partial charge < -0.3 is 10.2 Å². The fourth-order valence-corrected chi connectivity index (χ4v) is 3.32. The third-order valence-electron chi connectivity index (χ3n) is 4.69. The van der Waals surface area contributed by atoms with Gasteiger partial charge in [-0.05, 0) is 43.0 Å². The summed E-state index contributed by atoms with van der Waals surface area (Å²) in [4.78, 5) is 11.6. The maximum Gasteiger partial charge on any atom is 0.136 e. The summed E-state index contributed by atoms with van der Waals surface area (Å²) in [6.45, 7) is 5.93. The van der Waals surface area contributed by atoms with Crippen molar-refractivity contribution in [2.45, 2.75) is 26.8 Å². The standard InChI is InChI=1S/C21H22N4/c1-15-7-3-6-10-19(15)24-20-13-21(23-16(2)22-20)25-12-11-17-8-4-5-9-18(17)14-25/h3-10,13H,11-12,14H2,1-2H3,(H,22,23,24). The van der Waals surface area contributed by atoms with Crippen molar-refractivity contribution in [3.63, 3.8) is 0 Å².